The van der Waals surface area contributed by atoms with E-state index in [1.54, 1.807) is 6.20 Å². The van der Waals surface area contributed by atoms with E-state index in [4.69, 9.17) is 10.8 Å². The largest absolute Gasteiger partial charge is 0.480 e. The lowest BCUT2D eigenvalue weighted by atomic mass is 10.1. The van der Waals surface area contributed by atoms with E-state index >= 15 is 0 Å². The molecule has 1 aromatic heterocycles. The molecule has 2 aromatic rings. The highest BCUT2D eigenvalue weighted by Crippen LogP contribution is 2.19. The van der Waals surface area contributed by atoms with Crippen molar-refractivity contribution in [3.05, 3.63) is 36.0 Å². The van der Waals surface area contributed by atoms with Crippen molar-refractivity contribution in [2.45, 2.75) is 31.3 Å². The van der Waals surface area contributed by atoms with Gasteiger partial charge in [-0.2, -0.15) is 0 Å². The number of H-pyrrole nitrogens is 1. The van der Waals surface area contributed by atoms with Gasteiger partial charge >= 0.3 is 11.9 Å². The molecule has 1 heterocycles. The van der Waals surface area contributed by atoms with Crippen LogP contribution in [0.5, 0.6) is 0 Å². The van der Waals surface area contributed by atoms with E-state index in [9.17, 15) is 19.5 Å². The number of aromatic nitrogens is 1. The standard InChI is InChI=1S/C16H20N4O5/c17-11(15(22)23)5-6-14(21)20-19-13(16(24)25)7-9-8-18-12-4-2-1-3-10(9)12/h1-4,8,11,13,18-19H,5-7,17H2,(H,20,21)(H,22,23)(H,24,25). The topological polar surface area (TPSA) is 158 Å². The molecule has 0 saturated heterocycles. The zero-order valence-electron chi connectivity index (χ0n) is 13.4. The minimum atomic E-state index is -1.19. The van der Waals surface area contributed by atoms with E-state index < -0.39 is 29.9 Å². The van der Waals surface area contributed by atoms with Gasteiger partial charge in [0.15, 0.2) is 0 Å². The number of nitrogens with one attached hydrogen (secondary N) is 3. The monoisotopic (exact) mass is 348 g/mol. The molecule has 134 valence electrons. The van der Waals surface area contributed by atoms with E-state index in [0.717, 1.165) is 16.5 Å². The molecule has 9 heteroatoms. The Kier molecular flexibility index (Phi) is 6.09. The van der Waals surface area contributed by atoms with Crippen LogP contribution in [0.1, 0.15) is 18.4 Å². The number of aliphatic carboxylic acids is 2. The number of rotatable bonds is 9. The van der Waals surface area contributed by atoms with E-state index in [1.165, 1.54) is 0 Å². The van der Waals surface area contributed by atoms with Crippen LogP contribution in [0.25, 0.3) is 10.9 Å². The van der Waals surface area contributed by atoms with Crippen LogP contribution in [0, 0.1) is 0 Å². The number of carboxylic acid groups (broad SMARTS) is 2. The normalized spacial score (nSPS) is 13.3. The second-order valence-corrected chi connectivity index (χ2v) is 5.63. The molecule has 0 spiro atoms. The number of hydrogen-bond donors (Lipinski definition) is 6. The predicted molar refractivity (Wildman–Crippen MR) is 89.6 cm³/mol. The summed E-state index contributed by atoms with van der Waals surface area (Å²) in [5.41, 5.74) is 11.8. The number of benzene rings is 1. The Hall–Kier alpha value is -2.91. The SMILES string of the molecule is NC(CCC(=O)NNC(Cc1c[nH]c2ccccc12)C(=O)O)C(=O)O. The molecule has 25 heavy (non-hydrogen) atoms. The molecule has 9 nitrogen and oxygen atoms in total. The zero-order valence-corrected chi connectivity index (χ0v) is 13.4. The van der Waals surface area contributed by atoms with Crippen molar-refractivity contribution in [1.29, 1.82) is 0 Å². The van der Waals surface area contributed by atoms with Gasteiger partial charge in [0, 0.05) is 29.9 Å². The molecule has 1 aromatic carbocycles. The second-order valence-electron chi connectivity index (χ2n) is 5.63. The van der Waals surface area contributed by atoms with Gasteiger partial charge in [-0.1, -0.05) is 18.2 Å². The van der Waals surface area contributed by atoms with Crippen molar-refractivity contribution in [3.8, 4) is 0 Å². The Balaban J connectivity index is 1.92. The fourth-order valence-electron chi connectivity index (χ4n) is 2.36. The van der Waals surface area contributed by atoms with Crippen LogP contribution in [-0.4, -0.2) is 45.1 Å². The van der Waals surface area contributed by atoms with E-state index in [0.29, 0.717) is 0 Å². The molecule has 2 rings (SSSR count). The number of fused-ring (bicyclic) bond motifs is 1. The van der Waals surface area contributed by atoms with Gasteiger partial charge in [0.05, 0.1) is 0 Å². The lowest BCUT2D eigenvalue weighted by Crippen LogP contribution is -2.49. The van der Waals surface area contributed by atoms with E-state index in [2.05, 4.69) is 15.8 Å². The summed E-state index contributed by atoms with van der Waals surface area (Å²) in [5.74, 6) is -2.83. The van der Waals surface area contributed by atoms with Crippen LogP contribution < -0.4 is 16.6 Å². The van der Waals surface area contributed by atoms with Crippen molar-refractivity contribution >= 4 is 28.7 Å². The summed E-state index contributed by atoms with van der Waals surface area (Å²) < 4.78 is 0. The van der Waals surface area contributed by atoms with Gasteiger partial charge in [0.2, 0.25) is 5.91 Å². The summed E-state index contributed by atoms with van der Waals surface area (Å²) >= 11 is 0. The first-order chi connectivity index (χ1) is 11.9. The molecule has 0 bridgehead atoms. The third-order valence-corrected chi connectivity index (χ3v) is 3.78. The van der Waals surface area contributed by atoms with Crippen LogP contribution >= 0.6 is 0 Å². The quantitative estimate of drug-likeness (QED) is 0.347. The maximum absolute atomic E-state index is 11.7. The summed E-state index contributed by atoms with van der Waals surface area (Å²) in [7, 11) is 0. The number of carbonyl (C=O) groups is 3. The first-order valence-electron chi connectivity index (χ1n) is 7.69. The van der Waals surface area contributed by atoms with Crippen LogP contribution in [-0.2, 0) is 20.8 Å². The fraction of sp³-hybridized carbons (Fsp3) is 0.312. The molecule has 0 saturated carbocycles. The highest BCUT2D eigenvalue weighted by atomic mass is 16.4. The zero-order chi connectivity index (χ0) is 18.4. The Morgan fingerprint density at radius 3 is 2.56 bits per heavy atom. The van der Waals surface area contributed by atoms with Gasteiger partial charge in [0.1, 0.15) is 12.1 Å². The van der Waals surface area contributed by atoms with Crippen molar-refractivity contribution in [3.63, 3.8) is 0 Å². The van der Waals surface area contributed by atoms with Crippen molar-refractivity contribution < 1.29 is 24.6 Å². The number of para-hydroxylation sites is 1. The number of nitrogens with two attached hydrogens (primary N) is 1. The number of carboxylic acids is 2. The summed E-state index contributed by atoms with van der Waals surface area (Å²) in [6, 6.07) is 5.33. The van der Waals surface area contributed by atoms with E-state index in [-0.39, 0.29) is 19.3 Å². The second kappa shape index (κ2) is 8.27. The third kappa shape index (κ3) is 5.03. The molecule has 7 N–H and O–H groups in total. The number of amides is 1. The van der Waals surface area contributed by atoms with Crippen LogP contribution in [0.3, 0.4) is 0 Å². The fourth-order valence-corrected chi connectivity index (χ4v) is 2.36. The van der Waals surface area contributed by atoms with Gasteiger partial charge in [-0.15, -0.1) is 0 Å². The number of aromatic amines is 1. The summed E-state index contributed by atoms with van der Waals surface area (Å²) in [4.78, 5) is 36.8. The molecule has 0 fully saturated rings. The smallest absolute Gasteiger partial charge is 0.322 e. The molecular weight excluding hydrogens is 328 g/mol. The molecular formula is C16H20N4O5. The summed E-state index contributed by atoms with van der Waals surface area (Å²) in [6.45, 7) is 0. The Labute approximate surface area is 143 Å². The minimum absolute atomic E-state index is 0.0387. The van der Waals surface area contributed by atoms with E-state index in [1.807, 2.05) is 24.3 Å². The van der Waals surface area contributed by atoms with Gasteiger partial charge in [-0.3, -0.25) is 19.8 Å². The molecule has 0 aliphatic rings. The van der Waals surface area contributed by atoms with Crippen LogP contribution in [0.15, 0.2) is 30.5 Å². The van der Waals surface area contributed by atoms with Crippen molar-refractivity contribution in [1.82, 2.24) is 15.8 Å². The molecule has 0 aliphatic carbocycles. The highest BCUT2D eigenvalue weighted by molar-refractivity contribution is 5.84. The predicted octanol–water partition coefficient (Wildman–Crippen LogP) is -0.0235. The third-order valence-electron chi connectivity index (χ3n) is 3.78. The maximum Gasteiger partial charge on any atom is 0.322 e. The van der Waals surface area contributed by atoms with Gasteiger partial charge < -0.3 is 20.9 Å². The lowest BCUT2D eigenvalue weighted by Gasteiger charge is -2.15. The van der Waals surface area contributed by atoms with Gasteiger partial charge in [0.25, 0.3) is 0 Å². The molecule has 2 atom stereocenters. The molecule has 2 unspecified atom stereocenters. The molecule has 0 radical (unpaired) electrons. The summed E-state index contributed by atoms with van der Waals surface area (Å²) in [6.07, 6.45) is 1.73. The number of hydrazine groups is 1. The molecule has 0 aliphatic heterocycles. The average molecular weight is 348 g/mol. The van der Waals surface area contributed by atoms with Gasteiger partial charge in [-0.25, -0.2) is 5.43 Å². The minimum Gasteiger partial charge on any atom is -0.480 e. The Morgan fingerprint density at radius 2 is 1.88 bits per heavy atom. The number of carbonyl (C=O) groups excluding carboxylic acids is 1. The average Bonchev–Trinajstić information content (AvgIpc) is 2.99. The summed E-state index contributed by atoms with van der Waals surface area (Å²) in [5, 5.41) is 18.9. The maximum atomic E-state index is 11.7. The first-order valence-corrected chi connectivity index (χ1v) is 7.69. The Bertz CT molecular complexity index is 773. The highest BCUT2D eigenvalue weighted by Gasteiger charge is 2.20. The van der Waals surface area contributed by atoms with Crippen LogP contribution in [0.2, 0.25) is 0 Å². The van der Waals surface area contributed by atoms with Crippen molar-refractivity contribution in [2.24, 2.45) is 5.73 Å². The van der Waals surface area contributed by atoms with Crippen molar-refractivity contribution in [2.75, 3.05) is 0 Å². The number of hydrogen-bond acceptors (Lipinski definition) is 5. The van der Waals surface area contributed by atoms with Crippen LogP contribution in [0.4, 0.5) is 0 Å². The Morgan fingerprint density at radius 1 is 1.16 bits per heavy atom. The first kappa shape index (κ1) is 18.4. The molecule has 1 amide bonds. The lowest BCUT2D eigenvalue weighted by molar-refractivity contribution is -0.140. The van der Waals surface area contributed by atoms with Gasteiger partial charge in [-0.05, 0) is 18.1 Å².